The molecule has 2 rings (SSSR count). The highest BCUT2D eigenvalue weighted by Gasteiger charge is 2.50. The first-order valence-corrected chi connectivity index (χ1v) is 11.6. The fourth-order valence-electron chi connectivity index (χ4n) is 4.11. The Hall–Kier alpha value is -3.16. The number of cyclic esters (lactones) is 2. The van der Waals surface area contributed by atoms with Crippen LogP contribution in [-0.2, 0) is 28.7 Å². The van der Waals surface area contributed by atoms with Crippen molar-refractivity contribution in [1.82, 2.24) is 10.6 Å². The van der Waals surface area contributed by atoms with Crippen LogP contribution in [0.25, 0.3) is 0 Å². The van der Waals surface area contributed by atoms with Crippen molar-refractivity contribution in [3.8, 4) is 0 Å². The lowest BCUT2D eigenvalue weighted by Crippen LogP contribution is -2.58. The second kappa shape index (κ2) is 13.3. The molecule has 0 aromatic carbocycles. The van der Waals surface area contributed by atoms with E-state index in [0.29, 0.717) is 0 Å². The van der Waals surface area contributed by atoms with E-state index in [-0.39, 0.29) is 0 Å². The van der Waals surface area contributed by atoms with Crippen molar-refractivity contribution >= 4 is 23.8 Å². The van der Waals surface area contributed by atoms with Crippen molar-refractivity contribution in [2.45, 2.75) is 74.8 Å². The van der Waals surface area contributed by atoms with Gasteiger partial charge in [0.25, 0.3) is 0 Å². The standard InChI is InChI=1S/C22H32N2O15/c1-6(27)23-13(18(34)15(31)9(29)4-25)11-3-8(21(36)38-11)12-17(33)22(37)39-20(12)14(24-7(2)28)19(35)16(32)10(30)5-26/h3,9-11,13-16,18-20,25-26,29-35H,4-5H2,1-2H3,(H,23,27)(H,24,28). The van der Waals surface area contributed by atoms with Crippen LogP contribution in [0.15, 0.2) is 23.0 Å². The smallest absolute Gasteiger partial charge is 0.374 e. The molecular formula is C22H32N2O15. The summed E-state index contributed by atoms with van der Waals surface area (Å²) in [5.41, 5.74) is -1.23. The average molecular weight is 564 g/mol. The third-order valence-corrected chi connectivity index (χ3v) is 6.07. The molecule has 2 aliphatic heterocycles. The Labute approximate surface area is 220 Å². The summed E-state index contributed by atoms with van der Waals surface area (Å²) < 4.78 is 10.2. The number of carbonyl (C=O) groups is 4. The Morgan fingerprint density at radius 2 is 1.26 bits per heavy atom. The van der Waals surface area contributed by atoms with Gasteiger partial charge in [-0.15, -0.1) is 0 Å². The number of aliphatic hydroxyl groups excluding tert-OH is 9. The van der Waals surface area contributed by atoms with E-state index in [2.05, 4.69) is 10.6 Å². The summed E-state index contributed by atoms with van der Waals surface area (Å²) >= 11 is 0. The second-order valence-electron chi connectivity index (χ2n) is 8.95. The molecule has 220 valence electrons. The quantitative estimate of drug-likeness (QED) is 0.0927. The van der Waals surface area contributed by atoms with Gasteiger partial charge >= 0.3 is 11.9 Å². The highest BCUT2D eigenvalue weighted by atomic mass is 16.6. The van der Waals surface area contributed by atoms with Gasteiger partial charge in [0.2, 0.25) is 17.6 Å². The van der Waals surface area contributed by atoms with Crippen LogP contribution in [0.2, 0.25) is 0 Å². The Balaban J connectivity index is 2.54. The van der Waals surface area contributed by atoms with Gasteiger partial charge in [-0.3, -0.25) is 9.59 Å². The largest absolute Gasteiger partial charge is 0.502 e. The Morgan fingerprint density at radius 3 is 1.72 bits per heavy atom. The van der Waals surface area contributed by atoms with Crippen LogP contribution in [0.4, 0.5) is 0 Å². The van der Waals surface area contributed by atoms with Crippen molar-refractivity contribution in [2.75, 3.05) is 13.2 Å². The summed E-state index contributed by atoms with van der Waals surface area (Å²) in [7, 11) is 0. The molecule has 10 unspecified atom stereocenters. The topological polar surface area (TPSA) is 293 Å². The minimum absolute atomic E-state index is 0.590. The van der Waals surface area contributed by atoms with E-state index in [0.717, 1.165) is 19.9 Å². The molecule has 0 aromatic heterocycles. The van der Waals surface area contributed by atoms with E-state index in [1.165, 1.54) is 0 Å². The first-order chi connectivity index (χ1) is 18.2. The zero-order valence-corrected chi connectivity index (χ0v) is 20.7. The van der Waals surface area contributed by atoms with Crippen LogP contribution < -0.4 is 10.6 Å². The van der Waals surface area contributed by atoms with E-state index in [1.54, 1.807) is 0 Å². The fourth-order valence-corrected chi connectivity index (χ4v) is 4.11. The predicted octanol–water partition coefficient (Wildman–Crippen LogP) is -6.26. The van der Waals surface area contributed by atoms with Gasteiger partial charge in [-0.1, -0.05) is 0 Å². The van der Waals surface area contributed by atoms with Gasteiger partial charge in [-0.25, -0.2) is 9.59 Å². The van der Waals surface area contributed by atoms with E-state index in [1.807, 2.05) is 0 Å². The molecule has 17 nitrogen and oxygen atoms in total. The van der Waals surface area contributed by atoms with Gasteiger partial charge in [-0.2, -0.15) is 0 Å². The van der Waals surface area contributed by atoms with E-state index < -0.39 is 115 Å². The molecule has 0 spiro atoms. The molecule has 2 aliphatic rings. The van der Waals surface area contributed by atoms with Gasteiger partial charge in [-0.05, 0) is 6.08 Å². The molecule has 0 bridgehead atoms. The maximum atomic E-state index is 12.8. The van der Waals surface area contributed by atoms with Gasteiger partial charge in [0.05, 0.1) is 36.4 Å². The fraction of sp³-hybridized carbons (Fsp3) is 0.636. The van der Waals surface area contributed by atoms with E-state index in [4.69, 9.17) is 19.7 Å². The summed E-state index contributed by atoms with van der Waals surface area (Å²) in [5.74, 6) is -5.43. The molecule has 0 aromatic rings. The molecular weight excluding hydrogens is 532 g/mol. The van der Waals surface area contributed by atoms with E-state index >= 15 is 0 Å². The molecule has 0 saturated carbocycles. The third-order valence-electron chi connectivity index (χ3n) is 6.07. The van der Waals surface area contributed by atoms with Gasteiger partial charge in [0.1, 0.15) is 42.7 Å². The molecule has 2 amide bonds. The molecule has 10 atom stereocenters. The summed E-state index contributed by atoms with van der Waals surface area (Å²) in [5, 5.41) is 93.8. The van der Waals surface area contributed by atoms with Crippen LogP contribution >= 0.6 is 0 Å². The molecule has 0 fully saturated rings. The highest BCUT2D eigenvalue weighted by Crippen LogP contribution is 2.35. The SMILES string of the molecule is CC(=O)NC(C1C=C(C2=C(O)C(=O)OC2C(NC(C)=O)C(O)C(O)C(O)CO)C(=O)O1)C(O)C(O)C(O)CO. The van der Waals surface area contributed by atoms with Gasteiger partial charge in [0.15, 0.2) is 6.10 Å². The molecule has 2 heterocycles. The summed E-state index contributed by atoms with van der Waals surface area (Å²) in [6.45, 7) is 0.0308. The van der Waals surface area contributed by atoms with Crippen molar-refractivity contribution < 1.29 is 74.6 Å². The monoisotopic (exact) mass is 564 g/mol. The number of hydrogen-bond donors (Lipinski definition) is 11. The van der Waals surface area contributed by atoms with Gasteiger partial charge in [0, 0.05) is 13.8 Å². The molecule has 17 heteroatoms. The van der Waals surface area contributed by atoms with Crippen LogP contribution in [0, 0.1) is 0 Å². The zero-order valence-electron chi connectivity index (χ0n) is 20.7. The second-order valence-corrected chi connectivity index (χ2v) is 8.95. The predicted molar refractivity (Wildman–Crippen MR) is 123 cm³/mol. The van der Waals surface area contributed by atoms with Crippen LogP contribution in [-0.4, -0.2) is 144 Å². The lowest BCUT2D eigenvalue weighted by molar-refractivity contribution is -0.149. The number of nitrogens with one attached hydrogen (secondary N) is 2. The van der Waals surface area contributed by atoms with Crippen molar-refractivity contribution in [3.63, 3.8) is 0 Å². The Bertz CT molecular complexity index is 1010. The molecule has 39 heavy (non-hydrogen) atoms. The summed E-state index contributed by atoms with van der Waals surface area (Å²) in [6, 6.07) is -3.43. The average Bonchev–Trinajstić information content (AvgIpc) is 3.40. The number of rotatable bonds is 13. The van der Waals surface area contributed by atoms with Crippen molar-refractivity contribution in [3.05, 3.63) is 23.0 Å². The first kappa shape index (κ1) is 32.1. The maximum Gasteiger partial charge on any atom is 0.374 e. The lowest BCUT2D eigenvalue weighted by Gasteiger charge is -2.33. The van der Waals surface area contributed by atoms with Crippen LogP contribution in [0.1, 0.15) is 13.8 Å². The molecule has 0 saturated heterocycles. The lowest BCUT2D eigenvalue weighted by atomic mass is 9.88. The number of aliphatic hydroxyl groups is 9. The number of esters is 2. The summed E-state index contributed by atoms with van der Waals surface area (Å²) in [4.78, 5) is 48.6. The maximum absolute atomic E-state index is 12.8. The summed E-state index contributed by atoms with van der Waals surface area (Å²) in [6.07, 6.45) is -14.6. The van der Waals surface area contributed by atoms with Crippen LogP contribution in [0.3, 0.4) is 0 Å². The van der Waals surface area contributed by atoms with Gasteiger partial charge < -0.3 is 66.1 Å². The number of ether oxygens (including phenoxy) is 2. The van der Waals surface area contributed by atoms with E-state index in [9.17, 15) is 54.9 Å². The van der Waals surface area contributed by atoms with Crippen molar-refractivity contribution in [1.29, 1.82) is 0 Å². The van der Waals surface area contributed by atoms with Crippen LogP contribution in [0.5, 0.6) is 0 Å². The van der Waals surface area contributed by atoms with Crippen molar-refractivity contribution in [2.24, 2.45) is 0 Å². The Kier molecular flexibility index (Phi) is 10.9. The first-order valence-electron chi connectivity index (χ1n) is 11.6. The normalized spacial score (nSPS) is 25.4. The minimum atomic E-state index is -2.13. The number of amides is 2. The number of carbonyl (C=O) groups excluding carboxylic acids is 4. The number of hydrogen-bond acceptors (Lipinski definition) is 15. The molecule has 0 radical (unpaired) electrons. The molecule has 0 aliphatic carbocycles. The highest BCUT2D eigenvalue weighted by molar-refractivity contribution is 6.01. The minimum Gasteiger partial charge on any atom is -0.502 e. The Morgan fingerprint density at radius 1 is 0.795 bits per heavy atom. The molecule has 11 N–H and O–H groups in total. The third kappa shape index (κ3) is 7.08. The zero-order chi connectivity index (χ0) is 29.8.